The molecule has 1 rings (SSSR count). The van der Waals surface area contributed by atoms with Crippen molar-refractivity contribution >= 4 is 5.97 Å². The van der Waals surface area contributed by atoms with Gasteiger partial charge in [-0.3, -0.25) is 0 Å². The third-order valence-corrected chi connectivity index (χ3v) is 1.96. The van der Waals surface area contributed by atoms with E-state index in [9.17, 15) is 4.79 Å². The SMILES string of the molecule is COC(=O)c1cc(CCCO)oc1C. The summed E-state index contributed by atoms with van der Waals surface area (Å²) >= 11 is 0. The molecular weight excluding hydrogens is 184 g/mol. The molecule has 1 aromatic rings. The Morgan fingerprint density at radius 1 is 1.64 bits per heavy atom. The van der Waals surface area contributed by atoms with Crippen LogP contribution in [0, 0.1) is 6.92 Å². The van der Waals surface area contributed by atoms with Crippen LogP contribution in [-0.4, -0.2) is 24.8 Å². The Balaban J connectivity index is 2.77. The number of methoxy groups -OCH3 is 1. The van der Waals surface area contributed by atoms with Crippen LogP contribution in [0.3, 0.4) is 0 Å². The van der Waals surface area contributed by atoms with E-state index >= 15 is 0 Å². The molecular formula is C10H14O4. The average Bonchev–Trinajstić information content (AvgIpc) is 2.55. The normalized spacial score (nSPS) is 10.2. The highest BCUT2D eigenvalue weighted by atomic mass is 16.5. The summed E-state index contributed by atoms with van der Waals surface area (Å²) in [5.74, 6) is 0.878. The van der Waals surface area contributed by atoms with Gasteiger partial charge in [0.2, 0.25) is 0 Å². The molecule has 1 heterocycles. The quantitative estimate of drug-likeness (QED) is 0.741. The molecule has 0 aliphatic rings. The number of aliphatic hydroxyl groups excluding tert-OH is 1. The summed E-state index contributed by atoms with van der Waals surface area (Å²) in [6.45, 7) is 1.84. The Bertz CT molecular complexity index is 314. The minimum Gasteiger partial charge on any atom is -0.465 e. The number of carbonyl (C=O) groups is 1. The van der Waals surface area contributed by atoms with Crippen LogP contribution in [0.2, 0.25) is 0 Å². The molecule has 0 aliphatic heterocycles. The Labute approximate surface area is 82.5 Å². The first-order chi connectivity index (χ1) is 6.69. The van der Waals surface area contributed by atoms with Crippen LogP contribution in [-0.2, 0) is 11.2 Å². The lowest BCUT2D eigenvalue weighted by atomic mass is 10.2. The Morgan fingerprint density at radius 2 is 2.36 bits per heavy atom. The topological polar surface area (TPSA) is 59.7 Å². The molecule has 0 amide bonds. The van der Waals surface area contributed by atoms with Crippen molar-refractivity contribution in [3.63, 3.8) is 0 Å². The van der Waals surface area contributed by atoms with Gasteiger partial charge >= 0.3 is 5.97 Å². The Morgan fingerprint density at radius 3 is 2.93 bits per heavy atom. The summed E-state index contributed by atoms with van der Waals surface area (Å²) in [5.41, 5.74) is 0.459. The van der Waals surface area contributed by atoms with Crippen LogP contribution in [0.15, 0.2) is 10.5 Å². The Kier molecular flexibility index (Phi) is 3.71. The maximum Gasteiger partial charge on any atom is 0.341 e. The number of rotatable bonds is 4. The first-order valence-corrected chi connectivity index (χ1v) is 4.47. The lowest BCUT2D eigenvalue weighted by Gasteiger charge is -1.93. The minimum absolute atomic E-state index is 0.118. The number of esters is 1. The van der Waals surface area contributed by atoms with Crippen LogP contribution in [0.4, 0.5) is 0 Å². The standard InChI is InChI=1S/C10H14O4/c1-7-9(10(12)13-2)6-8(14-7)4-3-5-11/h6,11H,3-5H2,1-2H3. The summed E-state index contributed by atoms with van der Waals surface area (Å²) < 4.78 is 9.91. The first-order valence-electron chi connectivity index (χ1n) is 4.47. The summed E-state index contributed by atoms with van der Waals surface area (Å²) in [5, 5.41) is 8.63. The van der Waals surface area contributed by atoms with E-state index in [1.165, 1.54) is 7.11 Å². The highest BCUT2D eigenvalue weighted by Crippen LogP contribution is 2.16. The molecule has 1 N–H and O–H groups in total. The van der Waals surface area contributed by atoms with Gasteiger partial charge in [-0.05, 0) is 19.4 Å². The monoisotopic (exact) mass is 198 g/mol. The van der Waals surface area contributed by atoms with Gasteiger partial charge in [0.1, 0.15) is 17.1 Å². The maximum absolute atomic E-state index is 11.2. The highest BCUT2D eigenvalue weighted by molar-refractivity contribution is 5.90. The van der Waals surface area contributed by atoms with Crippen molar-refractivity contribution in [3.05, 3.63) is 23.2 Å². The second kappa shape index (κ2) is 4.81. The molecule has 0 atom stereocenters. The van der Waals surface area contributed by atoms with E-state index in [1.807, 2.05) is 0 Å². The molecule has 0 saturated carbocycles. The second-order valence-corrected chi connectivity index (χ2v) is 3.00. The van der Waals surface area contributed by atoms with E-state index < -0.39 is 0 Å². The number of furan rings is 1. The van der Waals surface area contributed by atoms with E-state index in [2.05, 4.69) is 4.74 Å². The van der Waals surface area contributed by atoms with Crippen LogP contribution >= 0.6 is 0 Å². The number of ether oxygens (including phenoxy) is 1. The van der Waals surface area contributed by atoms with Crippen molar-refractivity contribution in [1.29, 1.82) is 0 Å². The summed E-state index contributed by atoms with van der Waals surface area (Å²) in [7, 11) is 1.34. The van der Waals surface area contributed by atoms with Gasteiger partial charge in [-0.15, -0.1) is 0 Å². The minimum atomic E-state index is -0.388. The lowest BCUT2D eigenvalue weighted by Crippen LogP contribution is -2.00. The van der Waals surface area contributed by atoms with E-state index in [0.29, 0.717) is 29.9 Å². The van der Waals surface area contributed by atoms with Crippen molar-refractivity contribution in [2.45, 2.75) is 19.8 Å². The van der Waals surface area contributed by atoms with Crippen molar-refractivity contribution in [2.75, 3.05) is 13.7 Å². The lowest BCUT2D eigenvalue weighted by molar-refractivity contribution is 0.0599. The smallest absolute Gasteiger partial charge is 0.341 e. The third-order valence-electron chi connectivity index (χ3n) is 1.96. The molecule has 78 valence electrons. The van der Waals surface area contributed by atoms with Gasteiger partial charge in [0.25, 0.3) is 0 Å². The molecule has 0 fully saturated rings. The van der Waals surface area contributed by atoms with Gasteiger partial charge in [-0.1, -0.05) is 0 Å². The van der Waals surface area contributed by atoms with Crippen LogP contribution in [0.5, 0.6) is 0 Å². The molecule has 0 aliphatic carbocycles. The van der Waals surface area contributed by atoms with Gasteiger partial charge in [-0.25, -0.2) is 4.79 Å². The molecule has 14 heavy (non-hydrogen) atoms. The fourth-order valence-corrected chi connectivity index (χ4v) is 1.23. The van der Waals surface area contributed by atoms with Gasteiger partial charge in [0.05, 0.1) is 7.11 Å². The first kappa shape index (κ1) is 10.8. The fraction of sp³-hybridized carbons (Fsp3) is 0.500. The number of hydrogen-bond donors (Lipinski definition) is 1. The van der Waals surface area contributed by atoms with Gasteiger partial charge < -0.3 is 14.3 Å². The molecule has 1 aromatic heterocycles. The fourth-order valence-electron chi connectivity index (χ4n) is 1.23. The summed E-state index contributed by atoms with van der Waals surface area (Å²) in [6.07, 6.45) is 1.27. The second-order valence-electron chi connectivity index (χ2n) is 3.00. The zero-order valence-electron chi connectivity index (χ0n) is 8.37. The molecule has 4 nitrogen and oxygen atoms in total. The predicted molar refractivity (Wildman–Crippen MR) is 50.2 cm³/mol. The molecule has 4 heteroatoms. The molecule has 0 bridgehead atoms. The average molecular weight is 198 g/mol. The van der Waals surface area contributed by atoms with E-state index in [0.717, 1.165) is 0 Å². The number of aliphatic hydroxyl groups is 1. The van der Waals surface area contributed by atoms with Crippen molar-refractivity contribution in [2.24, 2.45) is 0 Å². The third kappa shape index (κ3) is 2.35. The van der Waals surface area contributed by atoms with Crippen LogP contribution < -0.4 is 0 Å². The van der Waals surface area contributed by atoms with E-state index in [1.54, 1.807) is 13.0 Å². The highest BCUT2D eigenvalue weighted by Gasteiger charge is 2.14. The number of aryl methyl sites for hydroxylation is 2. The number of carbonyl (C=O) groups excluding carboxylic acids is 1. The molecule has 0 radical (unpaired) electrons. The zero-order chi connectivity index (χ0) is 10.6. The van der Waals surface area contributed by atoms with Crippen molar-refractivity contribution < 1.29 is 19.1 Å². The Hall–Kier alpha value is -1.29. The van der Waals surface area contributed by atoms with E-state index in [4.69, 9.17) is 9.52 Å². The maximum atomic E-state index is 11.2. The predicted octanol–water partition coefficient (Wildman–Crippen LogP) is 1.30. The van der Waals surface area contributed by atoms with Crippen molar-refractivity contribution in [3.8, 4) is 0 Å². The molecule has 0 spiro atoms. The zero-order valence-corrected chi connectivity index (χ0v) is 8.37. The molecule has 0 aromatic carbocycles. The summed E-state index contributed by atoms with van der Waals surface area (Å²) in [6, 6.07) is 1.66. The largest absolute Gasteiger partial charge is 0.465 e. The van der Waals surface area contributed by atoms with E-state index in [-0.39, 0.29) is 12.6 Å². The van der Waals surface area contributed by atoms with Gasteiger partial charge in [0.15, 0.2) is 0 Å². The van der Waals surface area contributed by atoms with Gasteiger partial charge in [0, 0.05) is 13.0 Å². The van der Waals surface area contributed by atoms with Crippen LogP contribution in [0.25, 0.3) is 0 Å². The van der Waals surface area contributed by atoms with Crippen molar-refractivity contribution in [1.82, 2.24) is 0 Å². The molecule has 0 saturated heterocycles. The van der Waals surface area contributed by atoms with Crippen LogP contribution in [0.1, 0.15) is 28.3 Å². The number of hydrogen-bond acceptors (Lipinski definition) is 4. The summed E-state index contributed by atoms with van der Waals surface area (Å²) in [4.78, 5) is 11.2. The van der Waals surface area contributed by atoms with Gasteiger partial charge in [-0.2, -0.15) is 0 Å². The molecule has 0 unspecified atom stereocenters.